The molecule has 0 aliphatic rings. The van der Waals surface area contributed by atoms with Crippen LogP contribution in [0.4, 0.5) is 0 Å². The fourth-order valence-corrected chi connectivity index (χ4v) is 0.194. The monoisotopic (exact) mass is 90.0 g/mol. The van der Waals surface area contributed by atoms with Crippen molar-refractivity contribution in [2.24, 2.45) is 4.52 Å². The van der Waals surface area contributed by atoms with Crippen molar-refractivity contribution in [2.45, 2.75) is 6.92 Å². The van der Waals surface area contributed by atoms with E-state index in [4.69, 9.17) is 5.53 Å². The predicted molar refractivity (Wildman–Crippen MR) is 23.3 cm³/mol. The molecule has 0 bridgehead atoms. The molecule has 1 N–H and O–H groups in total. The van der Waals surface area contributed by atoms with E-state index in [2.05, 4.69) is 4.52 Å². The van der Waals surface area contributed by atoms with Crippen molar-refractivity contribution in [2.75, 3.05) is 5.75 Å². The summed E-state index contributed by atoms with van der Waals surface area (Å²) in [6.45, 7) is 1.96. The van der Waals surface area contributed by atoms with Gasteiger partial charge < -0.3 is 0 Å². The second-order valence-electron chi connectivity index (χ2n) is 0.509. The van der Waals surface area contributed by atoms with Gasteiger partial charge in [-0.25, -0.2) is 0 Å². The first-order chi connectivity index (χ1) is 2.41. The van der Waals surface area contributed by atoms with E-state index >= 15 is 0 Å². The Balaban J connectivity index is 2.40. The largest absolute Gasteiger partial charge is 0.198 e. The Morgan fingerprint density at radius 3 is 2.60 bits per heavy atom. The molecule has 0 aromatic carbocycles. The molecule has 30 valence electrons. The zero-order chi connectivity index (χ0) is 4.12. The molecule has 0 atom stereocenters. The Bertz CT molecular complexity index is 28.8. The van der Waals surface area contributed by atoms with E-state index in [1.807, 2.05) is 6.92 Å². The van der Waals surface area contributed by atoms with Crippen LogP contribution in [0, 0.1) is 5.53 Å². The Kier molecular flexibility index (Phi) is 3.91. The van der Waals surface area contributed by atoms with Crippen LogP contribution in [0.15, 0.2) is 4.52 Å². The molecule has 5 heavy (non-hydrogen) atoms. The van der Waals surface area contributed by atoms with Gasteiger partial charge in [-0.15, -0.1) is 4.52 Å². The van der Waals surface area contributed by atoms with E-state index in [1.54, 1.807) is 0 Å². The fourth-order valence-electron chi connectivity index (χ4n) is 0.0645. The van der Waals surface area contributed by atoms with Gasteiger partial charge in [-0.3, -0.25) is 0 Å². The molecule has 0 aromatic heterocycles. The minimum absolute atomic E-state index is 0.906. The predicted octanol–water partition coefficient (Wildman–Crippen LogP) is 1.69. The average molecular weight is 90.2 g/mol. The molecule has 0 rings (SSSR count). The Morgan fingerprint density at radius 2 is 2.60 bits per heavy atom. The third-order valence-electron chi connectivity index (χ3n) is 0.194. The second-order valence-corrected chi connectivity index (χ2v) is 1.53. The lowest BCUT2D eigenvalue weighted by molar-refractivity contribution is 1.25. The molecule has 0 aromatic rings. The SMILES string of the molecule is CCSN=N. The minimum atomic E-state index is 0.906. The van der Waals surface area contributed by atoms with Crippen molar-refractivity contribution in [3.8, 4) is 0 Å². The molecule has 3 heteroatoms. The van der Waals surface area contributed by atoms with E-state index in [9.17, 15) is 0 Å². The Morgan fingerprint density at radius 1 is 2.00 bits per heavy atom. The van der Waals surface area contributed by atoms with Crippen LogP contribution < -0.4 is 0 Å². The van der Waals surface area contributed by atoms with Gasteiger partial charge in [-0.1, -0.05) is 6.92 Å². The number of hydrogen-bond acceptors (Lipinski definition) is 3. The molecule has 0 fully saturated rings. The number of rotatable bonds is 2. The Hall–Kier alpha value is -0.0500. The highest BCUT2D eigenvalue weighted by Gasteiger charge is 1.64. The first-order valence-corrected chi connectivity index (χ1v) is 2.34. The molecule has 0 saturated heterocycles. The second kappa shape index (κ2) is 3.95. The number of hydrogen-bond donors (Lipinski definition) is 1. The smallest absolute Gasteiger partial charge is 0.0142 e. The van der Waals surface area contributed by atoms with Crippen LogP contribution >= 0.6 is 11.9 Å². The maximum Gasteiger partial charge on any atom is 0.0142 e. The van der Waals surface area contributed by atoms with Crippen molar-refractivity contribution in [3.63, 3.8) is 0 Å². The molecule has 0 heterocycles. The van der Waals surface area contributed by atoms with Crippen molar-refractivity contribution in [1.82, 2.24) is 0 Å². The highest BCUT2D eigenvalue weighted by molar-refractivity contribution is 7.97. The van der Waals surface area contributed by atoms with Crippen LogP contribution in [0.3, 0.4) is 0 Å². The maximum absolute atomic E-state index is 6.19. The van der Waals surface area contributed by atoms with Gasteiger partial charge in [0, 0.05) is 5.75 Å². The fraction of sp³-hybridized carbons (Fsp3) is 1.00. The normalized spacial score (nSPS) is 7.40. The number of nitrogens with one attached hydrogen (secondary N) is 1. The van der Waals surface area contributed by atoms with Crippen molar-refractivity contribution in [1.29, 1.82) is 5.53 Å². The average Bonchev–Trinajstić information content (AvgIpc) is 1.41. The zero-order valence-electron chi connectivity index (χ0n) is 3.06. The van der Waals surface area contributed by atoms with E-state index < -0.39 is 0 Å². The summed E-state index contributed by atoms with van der Waals surface area (Å²) in [6.07, 6.45) is 0. The molecule has 2 nitrogen and oxygen atoms in total. The molecule has 0 saturated carbocycles. The van der Waals surface area contributed by atoms with Crippen LogP contribution in [0.25, 0.3) is 0 Å². The Labute approximate surface area is 35.6 Å². The van der Waals surface area contributed by atoms with Gasteiger partial charge in [0.2, 0.25) is 0 Å². The molecule has 0 aliphatic heterocycles. The quantitative estimate of drug-likeness (QED) is 0.406. The molecule has 0 spiro atoms. The van der Waals surface area contributed by atoms with Gasteiger partial charge in [0.05, 0.1) is 0 Å². The highest BCUT2D eigenvalue weighted by atomic mass is 32.2. The van der Waals surface area contributed by atoms with Gasteiger partial charge in [0.1, 0.15) is 0 Å². The van der Waals surface area contributed by atoms with Crippen LogP contribution in [0.1, 0.15) is 6.92 Å². The van der Waals surface area contributed by atoms with E-state index in [-0.39, 0.29) is 0 Å². The lowest BCUT2D eigenvalue weighted by atomic mass is 11.0. The summed E-state index contributed by atoms with van der Waals surface area (Å²) < 4.78 is 3.02. The standard InChI is InChI=1S/C2H6N2S/c1-2-5-4-3/h3H,2H2,1H3. The summed E-state index contributed by atoms with van der Waals surface area (Å²) in [6, 6.07) is 0. The third-order valence-corrected chi connectivity index (χ3v) is 0.581. The molecular formula is C2H6N2S. The minimum Gasteiger partial charge on any atom is -0.198 e. The molecule has 0 amide bonds. The topological polar surface area (TPSA) is 36.2 Å². The first-order valence-electron chi connectivity index (χ1n) is 1.40. The summed E-state index contributed by atoms with van der Waals surface area (Å²) in [5.41, 5.74) is 6.19. The highest BCUT2D eigenvalue weighted by Crippen LogP contribution is 1.95. The summed E-state index contributed by atoms with van der Waals surface area (Å²) in [7, 11) is 0. The van der Waals surface area contributed by atoms with Crippen LogP contribution in [0.5, 0.6) is 0 Å². The van der Waals surface area contributed by atoms with Gasteiger partial charge >= 0.3 is 0 Å². The van der Waals surface area contributed by atoms with Crippen molar-refractivity contribution in [3.05, 3.63) is 0 Å². The lowest BCUT2D eigenvalue weighted by Crippen LogP contribution is -1.51. The lowest BCUT2D eigenvalue weighted by Gasteiger charge is -1.70. The van der Waals surface area contributed by atoms with Gasteiger partial charge in [-0.2, -0.15) is 5.53 Å². The molecule has 0 unspecified atom stereocenters. The summed E-state index contributed by atoms with van der Waals surface area (Å²) >= 11 is 1.25. The third kappa shape index (κ3) is 3.95. The summed E-state index contributed by atoms with van der Waals surface area (Å²) in [4.78, 5) is 0. The van der Waals surface area contributed by atoms with Gasteiger partial charge in [0.25, 0.3) is 0 Å². The summed E-state index contributed by atoms with van der Waals surface area (Å²) in [5.74, 6) is 0.906. The molecular weight excluding hydrogens is 84.1 g/mol. The van der Waals surface area contributed by atoms with Gasteiger partial charge in [0.15, 0.2) is 0 Å². The number of nitrogens with zero attached hydrogens (tertiary/aromatic N) is 1. The summed E-state index contributed by atoms with van der Waals surface area (Å²) in [5, 5.41) is 0. The van der Waals surface area contributed by atoms with E-state index in [0.717, 1.165) is 5.75 Å². The van der Waals surface area contributed by atoms with Gasteiger partial charge in [-0.05, 0) is 11.9 Å². The van der Waals surface area contributed by atoms with Crippen molar-refractivity contribution < 1.29 is 0 Å². The maximum atomic E-state index is 6.19. The van der Waals surface area contributed by atoms with Crippen LogP contribution in [-0.4, -0.2) is 5.75 Å². The first kappa shape index (κ1) is 4.95. The zero-order valence-corrected chi connectivity index (χ0v) is 3.88. The van der Waals surface area contributed by atoms with Crippen LogP contribution in [0.2, 0.25) is 0 Å². The molecule has 0 radical (unpaired) electrons. The molecule has 0 aliphatic carbocycles. The van der Waals surface area contributed by atoms with Crippen molar-refractivity contribution >= 4 is 11.9 Å². The van der Waals surface area contributed by atoms with E-state index in [1.165, 1.54) is 11.9 Å². The van der Waals surface area contributed by atoms with Crippen LogP contribution in [-0.2, 0) is 0 Å². The van der Waals surface area contributed by atoms with E-state index in [0.29, 0.717) is 0 Å².